The summed E-state index contributed by atoms with van der Waals surface area (Å²) in [6.07, 6.45) is 2.69. The van der Waals surface area contributed by atoms with Crippen LogP contribution >= 0.6 is 0 Å². The van der Waals surface area contributed by atoms with E-state index in [9.17, 15) is 14.8 Å². The van der Waals surface area contributed by atoms with Gasteiger partial charge in [0.2, 0.25) is 5.91 Å². The van der Waals surface area contributed by atoms with Gasteiger partial charge in [-0.2, -0.15) is 10.4 Å². The Hall–Kier alpha value is -2.70. The minimum Gasteiger partial charge on any atom is -0.426 e. The Balaban J connectivity index is 2.11. The maximum absolute atomic E-state index is 12.4. The Morgan fingerprint density at radius 1 is 1.37 bits per heavy atom. The Labute approximate surface area is 159 Å². The van der Waals surface area contributed by atoms with Gasteiger partial charge in [0.25, 0.3) is 0 Å². The van der Waals surface area contributed by atoms with E-state index in [2.05, 4.69) is 15.4 Å². The fraction of sp³-hybridized carbons (Fsp3) is 0.444. The van der Waals surface area contributed by atoms with Crippen LogP contribution in [0.1, 0.15) is 43.4 Å². The molecule has 8 nitrogen and oxygen atoms in total. The van der Waals surface area contributed by atoms with Gasteiger partial charge in [-0.05, 0) is 12.0 Å². The molecule has 1 amide bonds. The van der Waals surface area contributed by atoms with E-state index in [0.29, 0.717) is 24.5 Å². The van der Waals surface area contributed by atoms with Crippen molar-refractivity contribution in [1.82, 2.24) is 20.1 Å². The van der Waals surface area contributed by atoms with Crippen molar-refractivity contribution < 1.29 is 14.8 Å². The first kappa shape index (κ1) is 20.6. The summed E-state index contributed by atoms with van der Waals surface area (Å²) in [4.78, 5) is 16.7. The van der Waals surface area contributed by atoms with Crippen molar-refractivity contribution in [3.63, 3.8) is 0 Å². The van der Waals surface area contributed by atoms with Gasteiger partial charge in [0.1, 0.15) is 12.4 Å². The molecule has 0 aliphatic rings. The summed E-state index contributed by atoms with van der Waals surface area (Å²) in [5.74, 6) is -0.166. The molecule has 0 saturated carbocycles. The van der Waals surface area contributed by atoms with Crippen molar-refractivity contribution in [3.8, 4) is 6.07 Å². The van der Waals surface area contributed by atoms with Gasteiger partial charge in [-0.25, -0.2) is 9.67 Å². The second-order valence-electron chi connectivity index (χ2n) is 6.33. The summed E-state index contributed by atoms with van der Waals surface area (Å²) in [7, 11) is -1.62. The Morgan fingerprint density at radius 2 is 2.11 bits per heavy atom. The summed E-state index contributed by atoms with van der Waals surface area (Å²) < 4.78 is 1.47. The third-order valence-corrected chi connectivity index (χ3v) is 4.10. The minimum absolute atomic E-state index is 0.0604. The summed E-state index contributed by atoms with van der Waals surface area (Å²) in [5, 5.41) is 34.7. The van der Waals surface area contributed by atoms with Gasteiger partial charge in [0, 0.05) is 6.42 Å². The molecule has 1 aromatic heterocycles. The lowest BCUT2D eigenvalue weighted by Gasteiger charge is -2.17. The van der Waals surface area contributed by atoms with Gasteiger partial charge < -0.3 is 15.4 Å². The summed E-state index contributed by atoms with van der Waals surface area (Å²) in [6, 6.07) is 11.7. The highest BCUT2D eigenvalue weighted by molar-refractivity contribution is 6.43. The Kier molecular flexibility index (Phi) is 7.98. The third kappa shape index (κ3) is 6.51. The smallest absolute Gasteiger partial charge is 0.426 e. The number of hydrogen-bond acceptors (Lipinski definition) is 6. The van der Waals surface area contributed by atoms with Crippen LogP contribution in [0.4, 0.5) is 0 Å². The predicted molar refractivity (Wildman–Crippen MR) is 100 cm³/mol. The monoisotopic (exact) mass is 369 g/mol. The van der Waals surface area contributed by atoms with Crippen LogP contribution in [0.3, 0.4) is 0 Å². The van der Waals surface area contributed by atoms with Crippen LogP contribution in [0.15, 0.2) is 30.3 Å². The molecule has 2 aromatic rings. The van der Waals surface area contributed by atoms with Crippen molar-refractivity contribution in [2.75, 3.05) is 0 Å². The molecule has 0 fully saturated rings. The number of carbonyl (C=O) groups is 1. The van der Waals surface area contributed by atoms with Crippen molar-refractivity contribution in [3.05, 3.63) is 47.5 Å². The Bertz CT molecular complexity index is 773. The highest BCUT2D eigenvalue weighted by Gasteiger charge is 2.25. The lowest BCUT2D eigenvalue weighted by atomic mass is 9.76. The van der Waals surface area contributed by atoms with Crippen LogP contribution in [-0.4, -0.2) is 43.8 Å². The van der Waals surface area contributed by atoms with E-state index in [0.717, 1.165) is 18.4 Å². The molecule has 9 heteroatoms. The molecule has 0 bridgehead atoms. The van der Waals surface area contributed by atoms with Crippen molar-refractivity contribution in [2.24, 2.45) is 0 Å². The van der Waals surface area contributed by atoms with Crippen molar-refractivity contribution in [1.29, 1.82) is 5.26 Å². The standard InChI is InChI=1S/C18H24BN5O3/c1-2-3-9-15(19(26)27)21-18(25)13-24-17(22-16(23-24)10-11-20)12-14-7-5-4-6-8-14/h4-8,15,26-27H,2-3,9-10,12-13H2,1H3,(H,21,25)/t15-/m0/s1. The minimum atomic E-state index is -1.62. The van der Waals surface area contributed by atoms with Crippen LogP contribution in [-0.2, 0) is 24.2 Å². The molecule has 1 aromatic carbocycles. The van der Waals surface area contributed by atoms with Gasteiger partial charge in [-0.1, -0.05) is 50.1 Å². The van der Waals surface area contributed by atoms with E-state index in [4.69, 9.17) is 5.26 Å². The quantitative estimate of drug-likeness (QED) is 0.528. The maximum atomic E-state index is 12.4. The first-order valence-electron chi connectivity index (χ1n) is 9.02. The number of aromatic nitrogens is 3. The fourth-order valence-electron chi connectivity index (χ4n) is 2.72. The lowest BCUT2D eigenvalue weighted by molar-refractivity contribution is -0.122. The largest absolute Gasteiger partial charge is 0.475 e. The maximum Gasteiger partial charge on any atom is 0.475 e. The van der Waals surface area contributed by atoms with Gasteiger partial charge in [-0.3, -0.25) is 4.79 Å². The fourth-order valence-corrected chi connectivity index (χ4v) is 2.72. The average molecular weight is 369 g/mol. The number of hydrogen-bond donors (Lipinski definition) is 3. The van der Waals surface area contributed by atoms with E-state index in [1.54, 1.807) is 0 Å². The zero-order valence-electron chi connectivity index (χ0n) is 15.4. The van der Waals surface area contributed by atoms with Crippen molar-refractivity contribution >= 4 is 13.0 Å². The molecular weight excluding hydrogens is 345 g/mol. The van der Waals surface area contributed by atoms with Gasteiger partial charge >= 0.3 is 7.12 Å². The highest BCUT2D eigenvalue weighted by Crippen LogP contribution is 2.09. The first-order valence-corrected chi connectivity index (χ1v) is 9.02. The molecule has 27 heavy (non-hydrogen) atoms. The SMILES string of the molecule is CCCC[C@H](NC(=O)Cn1nc(CC#N)nc1Cc1ccccc1)B(O)O. The number of rotatable bonds is 10. The number of nitriles is 1. The van der Waals surface area contributed by atoms with Crippen LogP contribution in [0.25, 0.3) is 0 Å². The molecule has 1 atom stereocenters. The molecule has 0 unspecified atom stereocenters. The van der Waals surface area contributed by atoms with Crippen molar-refractivity contribution in [2.45, 2.75) is 51.5 Å². The van der Waals surface area contributed by atoms with Gasteiger partial charge in [0.05, 0.1) is 18.4 Å². The summed E-state index contributed by atoms with van der Waals surface area (Å²) in [6.45, 7) is 1.89. The first-order chi connectivity index (χ1) is 13.0. The molecule has 0 aliphatic carbocycles. The molecule has 2 rings (SSSR count). The zero-order chi connectivity index (χ0) is 19.6. The number of nitrogens with zero attached hydrogens (tertiary/aromatic N) is 4. The van der Waals surface area contributed by atoms with E-state index < -0.39 is 13.1 Å². The number of benzene rings is 1. The molecular formula is C18H24BN5O3. The average Bonchev–Trinajstić information content (AvgIpc) is 3.00. The molecule has 1 heterocycles. The van der Waals surface area contributed by atoms with E-state index in [1.807, 2.05) is 43.3 Å². The second-order valence-corrected chi connectivity index (χ2v) is 6.33. The van der Waals surface area contributed by atoms with Crippen LogP contribution < -0.4 is 5.32 Å². The molecule has 0 aliphatic heterocycles. The van der Waals surface area contributed by atoms with Crippen LogP contribution in [0, 0.1) is 11.3 Å². The van der Waals surface area contributed by atoms with Crippen LogP contribution in [0.5, 0.6) is 0 Å². The lowest BCUT2D eigenvalue weighted by Crippen LogP contribution is -2.47. The molecule has 0 radical (unpaired) electrons. The molecule has 0 spiro atoms. The van der Waals surface area contributed by atoms with E-state index in [-0.39, 0.29) is 18.9 Å². The number of carbonyl (C=O) groups excluding carboxylic acids is 1. The predicted octanol–water partition coefficient (Wildman–Crippen LogP) is 0.622. The summed E-state index contributed by atoms with van der Waals surface area (Å²) in [5.41, 5.74) is 1.02. The number of amides is 1. The molecule has 0 saturated heterocycles. The summed E-state index contributed by atoms with van der Waals surface area (Å²) >= 11 is 0. The van der Waals surface area contributed by atoms with Crippen LogP contribution in [0.2, 0.25) is 0 Å². The van der Waals surface area contributed by atoms with Gasteiger partial charge in [0.15, 0.2) is 5.82 Å². The topological polar surface area (TPSA) is 124 Å². The second kappa shape index (κ2) is 10.5. The number of nitrogens with one attached hydrogen (secondary N) is 1. The number of unbranched alkanes of at least 4 members (excludes halogenated alkanes) is 1. The normalized spacial score (nSPS) is 11.6. The molecule has 3 N–H and O–H groups in total. The third-order valence-electron chi connectivity index (χ3n) is 4.10. The van der Waals surface area contributed by atoms with E-state index >= 15 is 0 Å². The zero-order valence-corrected chi connectivity index (χ0v) is 15.4. The highest BCUT2D eigenvalue weighted by atomic mass is 16.4. The van der Waals surface area contributed by atoms with Gasteiger partial charge in [-0.15, -0.1) is 0 Å². The Morgan fingerprint density at radius 3 is 2.74 bits per heavy atom. The molecule has 142 valence electrons. The van der Waals surface area contributed by atoms with E-state index in [1.165, 1.54) is 4.68 Å².